The van der Waals surface area contributed by atoms with Crippen LogP contribution in [0.15, 0.2) is 0 Å². The quantitative estimate of drug-likeness (QED) is 0.382. The van der Waals surface area contributed by atoms with Crippen molar-refractivity contribution in [2.24, 2.45) is 0 Å². The Morgan fingerprint density at radius 1 is 0.619 bits per heavy atom. The standard InChI is InChI=1S/C18H34O3/c1-2-3-4-8-11-14-17(19)15-12-9-6-5-7-10-13-16-18(20)21/h2-16H2,1H3,(H,20,21). The number of ketones is 1. The number of rotatable bonds is 16. The van der Waals surface area contributed by atoms with Crippen molar-refractivity contribution in [1.82, 2.24) is 0 Å². The minimum absolute atomic E-state index is 0.298. The largest absolute Gasteiger partial charge is 0.481 e. The van der Waals surface area contributed by atoms with Crippen molar-refractivity contribution in [3.8, 4) is 0 Å². The van der Waals surface area contributed by atoms with Gasteiger partial charge in [0.1, 0.15) is 5.78 Å². The van der Waals surface area contributed by atoms with Crippen molar-refractivity contribution in [1.29, 1.82) is 0 Å². The van der Waals surface area contributed by atoms with Gasteiger partial charge in [0.25, 0.3) is 0 Å². The fourth-order valence-electron chi connectivity index (χ4n) is 2.53. The summed E-state index contributed by atoms with van der Waals surface area (Å²) >= 11 is 0. The van der Waals surface area contributed by atoms with Crippen LogP contribution in [0.3, 0.4) is 0 Å². The fraction of sp³-hybridized carbons (Fsp3) is 0.889. The van der Waals surface area contributed by atoms with Gasteiger partial charge < -0.3 is 5.11 Å². The molecule has 0 bridgehead atoms. The molecule has 124 valence electrons. The minimum atomic E-state index is -0.691. The predicted octanol–water partition coefficient (Wildman–Crippen LogP) is 5.51. The van der Waals surface area contributed by atoms with Crippen LogP contribution in [0.5, 0.6) is 0 Å². The summed E-state index contributed by atoms with van der Waals surface area (Å²) in [5.41, 5.74) is 0. The first-order chi connectivity index (χ1) is 10.2. The normalized spacial score (nSPS) is 10.7. The van der Waals surface area contributed by atoms with Crippen molar-refractivity contribution in [2.45, 2.75) is 103 Å². The monoisotopic (exact) mass is 298 g/mol. The lowest BCUT2D eigenvalue weighted by molar-refractivity contribution is -0.137. The van der Waals surface area contributed by atoms with Gasteiger partial charge in [-0.3, -0.25) is 9.59 Å². The minimum Gasteiger partial charge on any atom is -0.481 e. The summed E-state index contributed by atoms with van der Waals surface area (Å²) in [6.07, 6.45) is 15.4. The SMILES string of the molecule is CCCCCCCC(=O)CCCCCCCCCC(=O)O. The van der Waals surface area contributed by atoms with E-state index in [1.807, 2.05) is 0 Å². The van der Waals surface area contributed by atoms with E-state index in [4.69, 9.17) is 5.11 Å². The van der Waals surface area contributed by atoms with Crippen molar-refractivity contribution >= 4 is 11.8 Å². The molecule has 3 nitrogen and oxygen atoms in total. The van der Waals surface area contributed by atoms with Crippen LogP contribution in [0.4, 0.5) is 0 Å². The van der Waals surface area contributed by atoms with Crippen molar-refractivity contribution < 1.29 is 14.7 Å². The third-order valence-corrected chi connectivity index (χ3v) is 3.91. The Labute approximate surface area is 130 Å². The highest BCUT2D eigenvalue weighted by Gasteiger charge is 2.02. The van der Waals surface area contributed by atoms with Gasteiger partial charge in [0.05, 0.1) is 0 Å². The molecule has 0 unspecified atom stereocenters. The molecule has 0 radical (unpaired) electrons. The Kier molecular flexibility index (Phi) is 14.9. The summed E-state index contributed by atoms with van der Waals surface area (Å²) in [7, 11) is 0. The number of aliphatic carboxylic acids is 1. The maximum Gasteiger partial charge on any atom is 0.303 e. The van der Waals surface area contributed by atoms with Gasteiger partial charge >= 0.3 is 5.97 Å². The molecule has 0 aliphatic rings. The van der Waals surface area contributed by atoms with Crippen molar-refractivity contribution in [3.63, 3.8) is 0 Å². The highest BCUT2D eigenvalue weighted by molar-refractivity contribution is 5.78. The van der Waals surface area contributed by atoms with Crippen LogP contribution in [-0.2, 0) is 9.59 Å². The van der Waals surface area contributed by atoms with Crippen molar-refractivity contribution in [2.75, 3.05) is 0 Å². The molecule has 1 N–H and O–H groups in total. The van der Waals surface area contributed by atoms with Crippen molar-refractivity contribution in [3.05, 3.63) is 0 Å². The molecule has 0 rings (SSSR count). The van der Waals surface area contributed by atoms with Gasteiger partial charge in [0.2, 0.25) is 0 Å². The van der Waals surface area contributed by atoms with Gasteiger partial charge in [0, 0.05) is 19.3 Å². The Morgan fingerprint density at radius 2 is 1.00 bits per heavy atom. The highest BCUT2D eigenvalue weighted by atomic mass is 16.4. The van der Waals surface area contributed by atoms with Crippen LogP contribution in [-0.4, -0.2) is 16.9 Å². The first kappa shape index (κ1) is 20.1. The second kappa shape index (κ2) is 15.5. The summed E-state index contributed by atoms with van der Waals surface area (Å²) < 4.78 is 0. The molecule has 0 aliphatic heterocycles. The summed E-state index contributed by atoms with van der Waals surface area (Å²) in [5.74, 6) is -0.254. The van der Waals surface area contributed by atoms with Crippen LogP contribution < -0.4 is 0 Å². The number of unbranched alkanes of at least 4 members (excludes halogenated alkanes) is 10. The van der Waals surface area contributed by atoms with Crippen LogP contribution in [0, 0.1) is 0 Å². The van der Waals surface area contributed by atoms with Gasteiger partial charge in [0.15, 0.2) is 0 Å². The van der Waals surface area contributed by atoms with Crippen LogP contribution in [0.25, 0.3) is 0 Å². The van der Waals surface area contributed by atoms with Gasteiger partial charge in [-0.1, -0.05) is 64.7 Å². The fourth-order valence-corrected chi connectivity index (χ4v) is 2.53. The molecule has 0 atom stereocenters. The van der Waals surface area contributed by atoms with E-state index < -0.39 is 5.97 Å². The molecule has 0 aliphatic carbocycles. The molecule has 3 heteroatoms. The molecule has 0 fully saturated rings. The zero-order chi connectivity index (χ0) is 15.8. The lowest BCUT2D eigenvalue weighted by Crippen LogP contribution is -1.97. The summed E-state index contributed by atoms with van der Waals surface area (Å²) in [6.45, 7) is 2.21. The number of carboxylic acid groups (broad SMARTS) is 1. The molecule has 0 aromatic heterocycles. The van der Waals surface area contributed by atoms with Gasteiger partial charge in [-0.05, 0) is 19.3 Å². The molecule has 0 spiro atoms. The Bertz CT molecular complexity index is 261. The zero-order valence-electron chi connectivity index (χ0n) is 13.9. The second-order valence-electron chi connectivity index (χ2n) is 6.07. The summed E-state index contributed by atoms with van der Waals surface area (Å²) in [4.78, 5) is 22.0. The lowest BCUT2D eigenvalue weighted by atomic mass is 10.0. The van der Waals surface area contributed by atoms with Crippen LogP contribution in [0.1, 0.15) is 103 Å². The van der Waals surface area contributed by atoms with Gasteiger partial charge in [-0.2, -0.15) is 0 Å². The van der Waals surface area contributed by atoms with E-state index in [1.54, 1.807) is 0 Å². The Morgan fingerprint density at radius 3 is 1.43 bits per heavy atom. The molecule has 0 saturated heterocycles. The molecule has 21 heavy (non-hydrogen) atoms. The zero-order valence-corrected chi connectivity index (χ0v) is 13.9. The number of hydrogen-bond acceptors (Lipinski definition) is 2. The van der Waals surface area contributed by atoms with E-state index >= 15 is 0 Å². The molecular weight excluding hydrogens is 264 g/mol. The number of carbonyl (C=O) groups excluding carboxylic acids is 1. The van der Waals surface area contributed by atoms with E-state index in [0.29, 0.717) is 12.2 Å². The lowest BCUT2D eigenvalue weighted by Gasteiger charge is -2.02. The van der Waals surface area contributed by atoms with E-state index in [0.717, 1.165) is 51.4 Å². The van der Waals surface area contributed by atoms with E-state index in [2.05, 4.69) is 6.92 Å². The number of carboxylic acids is 1. The third-order valence-electron chi connectivity index (χ3n) is 3.91. The molecule has 0 amide bonds. The van der Waals surface area contributed by atoms with Crippen LogP contribution in [0.2, 0.25) is 0 Å². The third kappa shape index (κ3) is 17.1. The van der Waals surface area contributed by atoms with E-state index in [9.17, 15) is 9.59 Å². The molecule has 0 aromatic rings. The summed E-state index contributed by atoms with van der Waals surface area (Å²) in [6, 6.07) is 0. The Hall–Kier alpha value is -0.860. The Balaban J connectivity index is 3.16. The van der Waals surface area contributed by atoms with Gasteiger partial charge in [-0.15, -0.1) is 0 Å². The number of hydrogen-bond donors (Lipinski definition) is 1. The molecule has 0 aromatic carbocycles. The van der Waals surface area contributed by atoms with Gasteiger partial charge in [-0.25, -0.2) is 0 Å². The smallest absolute Gasteiger partial charge is 0.303 e. The van der Waals surface area contributed by atoms with Crippen LogP contribution >= 0.6 is 0 Å². The average Bonchev–Trinajstić information content (AvgIpc) is 2.45. The maximum atomic E-state index is 11.7. The number of Topliss-reactive ketones (excluding diaryl/α,β-unsaturated/α-hetero) is 1. The highest BCUT2D eigenvalue weighted by Crippen LogP contribution is 2.12. The predicted molar refractivity (Wildman–Crippen MR) is 87.6 cm³/mol. The first-order valence-electron chi connectivity index (χ1n) is 8.90. The molecule has 0 saturated carbocycles. The topological polar surface area (TPSA) is 54.4 Å². The number of carbonyl (C=O) groups is 2. The first-order valence-corrected chi connectivity index (χ1v) is 8.90. The van der Waals surface area contributed by atoms with E-state index in [-0.39, 0.29) is 0 Å². The average molecular weight is 298 g/mol. The maximum absolute atomic E-state index is 11.7. The second-order valence-corrected chi connectivity index (χ2v) is 6.07. The molecular formula is C18H34O3. The van der Waals surface area contributed by atoms with E-state index in [1.165, 1.54) is 38.5 Å². The summed E-state index contributed by atoms with van der Waals surface area (Å²) in [5, 5.41) is 8.51. The molecule has 0 heterocycles.